The van der Waals surface area contributed by atoms with E-state index in [1.54, 1.807) is 18.5 Å². The second-order valence-electron chi connectivity index (χ2n) is 7.60. The molecule has 0 fully saturated rings. The number of nitrogens with one attached hydrogen (secondary N) is 1. The van der Waals surface area contributed by atoms with Gasteiger partial charge in [0.25, 0.3) is 0 Å². The smallest absolute Gasteiger partial charge is 0.327 e. The molecule has 0 bridgehead atoms. The van der Waals surface area contributed by atoms with E-state index in [4.69, 9.17) is 32.7 Å². The molecule has 4 aromatic heterocycles. The molecule has 0 unspecified atom stereocenters. The first-order valence-electron chi connectivity index (χ1n) is 10.6. The van der Waals surface area contributed by atoms with Crippen LogP contribution >= 0.6 is 23.2 Å². The lowest BCUT2D eigenvalue weighted by atomic mass is 10.2. The number of hydrogen-bond acceptors (Lipinski definition) is 6. The van der Waals surface area contributed by atoms with Crippen LogP contribution in [0.1, 0.15) is 5.69 Å². The van der Waals surface area contributed by atoms with Gasteiger partial charge in [0, 0.05) is 40.8 Å². The Balaban J connectivity index is 1.45. The van der Waals surface area contributed by atoms with Crippen LogP contribution in [0.2, 0.25) is 5.02 Å². The summed E-state index contributed by atoms with van der Waals surface area (Å²) in [4.78, 5) is 20.9. The number of H-pyrrole nitrogens is 1. The van der Waals surface area contributed by atoms with Crippen LogP contribution in [0.3, 0.4) is 0 Å². The molecular weight excluding hydrogens is 485 g/mol. The van der Waals surface area contributed by atoms with E-state index in [0.29, 0.717) is 33.2 Å². The second kappa shape index (κ2) is 8.87. The van der Waals surface area contributed by atoms with Crippen molar-refractivity contribution in [2.75, 3.05) is 0 Å². The summed E-state index contributed by atoms with van der Waals surface area (Å²) >= 11 is 12.4. The number of halogens is 2. The minimum atomic E-state index is 0.0843. The van der Waals surface area contributed by atoms with Crippen LogP contribution in [0.5, 0.6) is 23.4 Å². The normalized spacial score (nSPS) is 11.6. The molecule has 2 aromatic carbocycles. The van der Waals surface area contributed by atoms with Crippen LogP contribution in [0.4, 0.5) is 0 Å². The first kappa shape index (κ1) is 21.3. The standard InChI is InChI=1S/C26H15Cl2N5O2/c27-10-9-19-23(28)22-24(31-19)32-26(35-18-8-6-16-4-2-12-30-21(16)14-18)33-25(22)34-17-7-5-15-3-1-11-29-20(15)13-17/h1-14H,(H,31,32,33)/b10-9-. The summed E-state index contributed by atoms with van der Waals surface area (Å²) in [6.07, 6.45) is 5.09. The van der Waals surface area contributed by atoms with E-state index in [2.05, 4.69) is 24.9 Å². The quantitative estimate of drug-likeness (QED) is 0.264. The highest BCUT2D eigenvalue weighted by Gasteiger charge is 2.19. The van der Waals surface area contributed by atoms with Gasteiger partial charge in [-0.2, -0.15) is 9.97 Å². The molecule has 1 N–H and O–H groups in total. The van der Waals surface area contributed by atoms with Gasteiger partial charge in [0.15, 0.2) is 5.65 Å². The average molecular weight is 500 g/mol. The summed E-state index contributed by atoms with van der Waals surface area (Å²) in [6, 6.07) is 19.0. The molecule has 0 saturated carbocycles. The first-order valence-corrected chi connectivity index (χ1v) is 11.4. The molecule has 0 aliphatic carbocycles. The average Bonchev–Trinajstić information content (AvgIpc) is 3.19. The van der Waals surface area contributed by atoms with Crippen LogP contribution in [0.25, 0.3) is 38.9 Å². The summed E-state index contributed by atoms with van der Waals surface area (Å²) in [7, 11) is 0. The van der Waals surface area contributed by atoms with Crippen molar-refractivity contribution >= 4 is 62.1 Å². The Morgan fingerprint density at radius 2 is 1.46 bits per heavy atom. The summed E-state index contributed by atoms with van der Waals surface area (Å²) in [5.74, 6) is 1.31. The van der Waals surface area contributed by atoms with E-state index in [0.717, 1.165) is 21.8 Å². The molecule has 0 spiro atoms. The Morgan fingerprint density at radius 1 is 0.800 bits per heavy atom. The fourth-order valence-electron chi connectivity index (χ4n) is 3.76. The predicted molar refractivity (Wildman–Crippen MR) is 137 cm³/mol. The summed E-state index contributed by atoms with van der Waals surface area (Å²) in [5, 5.41) is 2.88. The highest BCUT2D eigenvalue weighted by atomic mass is 35.5. The van der Waals surface area contributed by atoms with Crippen LogP contribution in [-0.4, -0.2) is 24.9 Å². The van der Waals surface area contributed by atoms with Gasteiger partial charge in [-0.3, -0.25) is 9.97 Å². The lowest BCUT2D eigenvalue weighted by molar-refractivity contribution is 0.417. The van der Waals surface area contributed by atoms with Crippen molar-refractivity contribution in [2.45, 2.75) is 0 Å². The molecule has 6 rings (SSSR count). The Kier molecular flexibility index (Phi) is 5.41. The Labute approximate surface area is 209 Å². The fourth-order valence-corrected chi connectivity index (χ4v) is 4.17. The fraction of sp³-hybridized carbons (Fsp3) is 0. The van der Waals surface area contributed by atoms with Gasteiger partial charge in [-0.1, -0.05) is 35.3 Å². The number of fused-ring (bicyclic) bond motifs is 3. The molecule has 0 atom stereocenters. The second-order valence-corrected chi connectivity index (χ2v) is 8.23. The van der Waals surface area contributed by atoms with Crippen LogP contribution in [0, 0.1) is 0 Å². The van der Waals surface area contributed by atoms with Gasteiger partial charge < -0.3 is 14.5 Å². The van der Waals surface area contributed by atoms with E-state index in [-0.39, 0.29) is 11.9 Å². The Morgan fingerprint density at radius 3 is 2.11 bits per heavy atom. The topological polar surface area (TPSA) is 85.8 Å². The van der Waals surface area contributed by atoms with Gasteiger partial charge >= 0.3 is 6.01 Å². The number of ether oxygens (including phenoxy) is 2. The Hall–Kier alpha value is -4.20. The molecule has 9 heteroatoms. The highest BCUT2D eigenvalue weighted by Crippen LogP contribution is 2.38. The van der Waals surface area contributed by atoms with Gasteiger partial charge in [-0.25, -0.2) is 0 Å². The van der Waals surface area contributed by atoms with Gasteiger partial charge in [0.05, 0.1) is 21.7 Å². The maximum atomic E-state index is 6.62. The summed E-state index contributed by atoms with van der Waals surface area (Å²) in [5.41, 5.74) is 3.96. The minimum absolute atomic E-state index is 0.0843. The number of nitrogens with zero attached hydrogens (tertiary/aromatic N) is 4. The molecule has 0 radical (unpaired) electrons. The number of benzene rings is 2. The van der Waals surface area contributed by atoms with Gasteiger partial charge in [-0.05, 0) is 42.5 Å². The van der Waals surface area contributed by atoms with E-state index in [9.17, 15) is 0 Å². The van der Waals surface area contributed by atoms with Crippen LogP contribution in [-0.2, 0) is 0 Å². The number of aromatic amines is 1. The third kappa shape index (κ3) is 4.12. The zero-order valence-electron chi connectivity index (χ0n) is 17.9. The van der Waals surface area contributed by atoms with Crippen molar-refractivity contribution in [1.29, 1.82) is 0 Å². The maximum Gasteiger partial charge on any atom is 0.327 e. The first-order chi connectivity index (χ1) is 17.2. The van der Waals surface area contributed by atoms with E-state index in [1.165, 1.54) is 5.54 Å². The number of pyridine rings is 2. The molecule has 4 heterocycles. The van der Waals surface area contributed by atoms with Crippen molar-refractivity contribution in [1.82, 2.24) is 24.9 Å². The molecule has 0 aliphatic heterocycles. The zero-order valence-corrected chi connectivity index (χ0v) is 19.5. The van der Waals surface area contributed by atoms with E-state index < -0.39 is 0 Å². The monoisotopic (exact) mass is 499 g/mol. The molecular formula is C26H15Cl2N5O2. The van der Waals surface area contributed by atoms with Crippen molar-refractivity contribution in [2.24, 2.45) is 0 Å². The third-order valence-electron chi connectivity index (χ3n) is 5.37. The minimum Gasteiger partial charge on any atom is -0.438 e. The van der Waals surface area contributed by atoms with Crippen LogP contribution < -0.4 is 9.47 Å². The van der Waals surface area contributed by atoms with Crippen molar-refractivity contribution in [3.05, 3.63) is 89.3 Å². The van der Waals surface area contributed by atoms with Gasteiger partial charge in [0.2, 0.25) is 5.88 Å². The predicted octanol–water partition coefficient (Wildman–Crippen LogP) is 7.50. The maximum absolute atomic E-state index is 6.62. The number of hydrogen-bond donors (Lipinski definition) is 1. The van der Waals surface area contributed by atoms with Gasteiger partial charge in [-0.15, -0.1) is 0 Å². The molecule has 0 amide bonds. The summed E-state index contributed by atoms with van der Waals surface area (Å²) in [6.45, 7) is 0. The van der Waals surface area contributed by atoms with Gasteiger partial charge in [0.1, 0.15) is 16.9 Å². The third-order valence-corrected chi connectivity index (χ3v) is 5.89. The molecule has 35 heavy (non-hydrogen) atoms. The number of aromatic nitrogens is 5. The lowest BCUT2D eigenvalue weighted by Crippen LogP contribution is -1.97. The van der Waals surface area contributed by atoms with E-state index in [1.807, 2.05) is 60.7 Å². The van der Waals surface area contributed by atoms with Crippen molar-refractivity contribution < 1.29 is 9.47 Å². The molecule has 0 aliphatic rings. The molecule has 0 saturated heterocycles. The van der Waals surface area contributed by atoms with E-state index >= 15 is 0 Å². The lowest BCUT2D eigenvalue weighted by Gasteiger charge is -2.10. The molecule has 6 aromatic rings. The zero-order chi connectivity index (χ0) is 23.8. The molecule has 170 valence electrons. The van der Waals surface area contributed by atoms with Crippen LogP contribution in [0.15, 0.2) is 78.6 Å². The largest absolute Gasteiger partial charge is 0.438 e. The van der Waals surface area contributed by atoms with Crippen molar-refractivity contribution in [3.63, 3.8) is 0 Å². The highest BCUT2D eigenvalue weighted by molar-refractivity contribution is 6.38. The Bertz CT molecular complexity index is 1750. The van der Waals surface area contributed by atoms with Crippen molar-refractivity contribution in [3.8, 4) is 23.4 Å². The SMILES string of the molecule is Cl/C=C\c1[nH]c2nc(Oc3ccc4cccnc4c3)nc(Oc3ccc4cccnc4c3)c2c1Cl. The number of rotatable bonds is 5. The molecule has 7 nitrogen and oxygen atoms in total. The summed E-state index contributed by atoms with van der Waals surface area (Å²) < 4.78 is 12.2.